The average molecular weight is 297 g/mol. The number of halogens is 1. The second-order valence-corrected chi connectivity index (χ2v) is 4.85. The minimum atomic E-state index is -0.280. The standard InChI is InChI=1S/C17H16FN3O/c1-22-16-4-2-3-12(9-16)17-10-14(11-19)20-21(17)15-7-5-13(18)6-8-15/h2-10H,11,19H2,1H3. The van der Waals surface area contributed by atoms with Crippen molar-refractivity contribution in [2.24, 2.45) is 5.73 Å². The lowest BCUT2D eigenvalue weighted by Crippen LogP contribution is -2.02. The van der Waals surface area contributed by atoms with E-state index in [-0.39, 0.29) is 5.82 Å². The van der Waals surface area contributed by atoms with Crippen molar-refractivity contribution in [1.82, 2.24) is 9.78 Å². The van der Waals surface area contributed by atoms with Crippen molar-refractivity contribution in [2.75, 3.05) is 7.11 Å². The van der Waals surface area contributed by atoms with Crippen molar-refractivity contribution in [3.63, 3.8) is 0 Å². The van der Waals surface area contributed by atoms with E-state index in [1.807, 2.05) is 30.3 Å². The molecule has 0 saturated heterocycles. The zero-order valence-electron chi connectivity index (χ0n) is 12.2. The summed E-state index contributed by atoms with van der Waals surface area (Å²) in [6.07, 6.45) is 0. The molecule has 0 spiro atoms. The van der Waals surface area contributed by atoms with Crippen LogP contribution in [0.1, 0.15) is 5.69 Å². The molecule has 22 heavy (non-hydrogen) atoms. The lowest BCUT2D eigenvalue weighted by molar-refractivity contribution is 0.415. The Morgan fingerprint density at radius 3 is 2.59 bits per heavy atom. The lowest BCUT2D eigenvalue weighted by Gasteiger charge is -2.08. The smallest absolute Gasteiger partial charge is 0.123 e. The van der Waals surface area contributed by atoms with Gasteiger partial charge in [0.1, 0.15) is 11.6 Å². The van der Waals surface area contributed by atoms with E-state index in [4.69, 9.17) is 10.5 Å². The SMILES string of the molecule is COc1cccc(-c2cc(CN)nn2-c2ccc(F)cc2)c1. The number of nitrogens with zero attached hydrogens (tertiary/aromatic N) is 2. The summed E-state index contributed by atoms with van der Waals surface area (Å²) in [6.45, 7) is 0.338. The van der Waals surface area contributed by atoms with Crippen LogP contribution >= 0.6 is 0 Å². The number of hydrogen-bond acceptors (Lipinski definition) is 3. The summed E-state index contributed by atoms with van der Waals surface area (Å²) in [5.74, 6) is 0.483. The van der Waals surface area contributed by atoms with Gasteiger partial charge in [0, 0.05) is 12.1 Å². The highest BCUT2D eigenvalue weighted by Crippen LogP contribution is 2.27. The third-order valence-electron chi connectivity index (χ3n) is 3.41. The van der Waals surface area contributed by atoms with Gasteiger partial charge in [-0.2, -0.15) is 5.10 Å². The molecular weight excluding hydrogens is 281 g/mol. The van der Waals surface area contributed by atoms with E-state index < -0.39 is 0 Å². The van der Waals surface area contributed by atoms with E-state index in [1.165, 1.54) is 12.1 Å². The van der Waals surface area contributed by atoms with Crippen LogP contribution < -0.4 is 10.5 Å². The molecule has 0 aliphatic rings. The van der Waals surface area contributed by atoms with Gasteiger partial charge in [-0.1, -0.05) is 12.1 Å². The van der Waals surface area contributed by atoms with Gasteiger partial charge in [-0.25, -0.2) is 9.07 Å². The Bertz CT molecular complexity index is 781. The normalized spacial score (nSPS) is 10.7. The summed E-state index contributed by atoms with van der Waals surface area (Å²) in [7, 11) is 1.63. The molecule has 2 N–H and O–H groups in total. The van der Waals surface area contributed by atoms with Gasteiger partial charge in [0.25, 0.3) is 0 Å². The van der Waals surface area contributed by atoms with Crippen molar-refractivity contribution in [3.05, 3.63) is 66.1 Å². The summed E-state index contributed by atoms with van der Waals surface area (Å²) < 4.78 is 20.2. The first-order valence-electron chi connectivity index (χ1n) is 6.90. The molecule has 0 saturated carbocycles. The Kier molecular flexibility index (Phi) is 3.89. The fraction of sp³-hybridized carbons (Fsp3) is 0.118. The van der Waals surface area contributed by atoms with Gasteiger partial charge < -0.3 is 10.5 Å². The fourth-order valence-corrected chi connectivity index (χ4v) is 2.30. The first-order valence-corrected chi connectivity index (χ1v) is 6.90. The molecule has 0 unspecified atom stereocenters. The van der Waals surface area contributed by atoms with Gasteiger partial charge in [-0.05, 0) is 42.5 Å². The quantitative estimate of drug-likeness (QED) is 0.805. The summed E-state index contributed by atoms with van der Waals surface area (Å²) >= 11 is 0. The Labute approximate surface area is 128 Å². The fourth-order valence-electron chi connectivity index (χ4n) is 2.30. The Hall–Kier alpha value is -2.66. The topological polar surface area (TPSA) is 53.1 Å². The highest BCUT2D eigenvalue weighted by molar-refractivity contribution is 5.64. The van der Waals surface area contributed by atoms with Crippen LogP contribution in [-0.4, -0.2) is 16.9 Å². The Balaban J connectivity index is 2.14. The maximum absolute atomic E-state index is 13.1. The molecule has 0 radical (unpaired) electrons. The summed E-state index contributed by atoms with van der Waals surface area (Å²) in [5, 5.41) is 4.49. The number of rotatable bonds is 4. The molecule has 0 aliphatic carbocycles. The van der Waals surface area contributed by atoms with Crippen LogP contribution in [0.2, 0.25) is 0 Å². The molecule has 5 heteroatoms. The van der Waals surface area contributed by atoms with Crippen molar-refractivity contribution in [2.45, 2.75) is 6.54 Å². The summed E-state index contributed by atoms with van der Waals surface area (Å²) in [6, 6.07) is 15.8. The van der Waals surface area contributed by atoms with Gasteiger partial charge in [-0.15, -0.1) is 0 Å². The maximum Gasteiger partial charge on any atom is 0.123 e. The van der Waals surface area contributed by atoms with E-state index in [9.17, 15) is 4.39 Å². The lowest BCUT2D eigenvalue weighted by atomic mass is 10.1. The van der Waals surface area contributed by atoms with Crippen molar-refractivity contribution in [3.8, 4) is 22.7 Å². The molecule has 0 atom stereocenters. The van der Waals surface area contributed by atoms with Crippen LogP contribution in [0.25, 0.3) is 16.9 Å². The van der Waals surface area contributed by atoms with Crippen LogP contribution in [0.5, 0.6) is 5.75 Å². The van der Waals surface area contributed by atoms with Crippen molar-refractivity contribution in [1.29, 1.82) is 0 Å². The monoisotopic (exact) mass is 297 g/mol. The molecule has 4 nitrogen and oxygen atoms in total. The van der Waals surface area contributed by atoms with Crippen LogP contribution in [0.15, 0.2) is 54.6 Å². The molecule has 0 amide bonds. The van der Waals surface area contributed by atoms with Crippen LogP contribution in [-0.2, 0) is 6.54 Å². The van der Waals surface area contributed by atoms with Gasteiger partial charge in [0.2, 0.25) is 0 Å². The Morgan fingerprint density at radius 2 is 1.91 bits per heavy atom. The van der Waals surface area contributed by atoms with Crippen LogP contribution in [0, 0.1) is 5.82 Å². The number of methoxy groups -OCH3 is 1. The maximum atomic E-state index is 13.1. The predicted octanol–water partition coefficient (Wildman–Crippen LogP) is 3.15. The Morgan fingerprint density at radius 1 is 1.14 bits per heavy atom. The number of aromatic nitrogens is 2. The zero-order chi connectivity index (χ0) is 15.5. The van der Waals surface area contributed by atoms with Crippen LogP contribution in [0.4, 0.5) is 4.39 Å². The minimum Gasteiger partial charge on any atom is -0.497 e. The van der Waals surface area contributed by atoms with Crippen molar-refractivity contribution < 1.29 is 9.13 Å². The predicted molar refractivity (Wildman–Crippen MR) is 83.4 cm³/mol. The van der Waals surface area contributed by atoms with E-state index in [0.717, 1.165) is 28.4 Å². The molecule has 3 rings (SSSR count). The highest BCUT2D eigenvalue weighted by atomic mass is 19.1. The first kappa shape index (κ1) is 14.3. The number of nitrogens with two attached hydrogens (primary N) is 1. The van der Waals surface area contributed by atoms with Gasteiger partial charge in [0.15, 0.2) is 0 Å². The first-order chi connectivity index (χ1) is 10.7. The average Bonchev–Trinajstić information content (AvgIpc) is 3.00. The molecule has 0 fully saturated rings. The van der Waals surface area contributed by atoms with Crippen LogP contribution in [0.3, 0.4) is 0 Å². The molecule has 112 valence electrons. The molecular formula is C17H16FN3O. The number of benzene rings is 2. The minimum absolute atomic E-state index is 0.280. The largest absolute Gasteiger partial charge is 0.497 e. The van der Waals surface area contributed by atoms with E-state index in [0.29, 0.717) is 6.54 Å². The molecule has 2 aromatic carbocycles. The van der Waals surface area contributed by atoms with Gasteiger partial charge >= 0.3 is 0 Å². The summed E-state index contributed by atoms with van der Waals surface area (Å²) in [5.41, 5.74) is 9.09. The van der Waals surface area contributed by atoms with E-state index >= 15 is 0 Å². The third kappa shape index (κ3) is 2.71. The number of hydrogen-bond donors (Lipinski definition) is 1. The van der Waals surface area contributed by atoms with Gasteiger partial charge in [0.05, 0.1) is 24.2 Å². The van der Waals surface area contributed by atoms with Crippen molar-refractivity contribution >= 4 is 0 Å². The highest BCUT2D eigenvalue weighted by Gasteiger charge is 2.12. The molecule has 0 aliphatic heterocycles. The molecule has 1 heterocycles. The number of ether oxygens (including phenoxy) is 1. The van der Waals surface area contributed by atoms with E-state index in [2.05, 4.69) is 5.10 Å². The second-order valence-electron chi connectivity index (χ2n) is 4.85. The third-order valence-corrected chi connectivity index (χ3v) is 3.41. The second kappa shape index (κ2) is 5.99. The van der Waals surface area contributed by atoms with Gasteiger partial charge in [-0.3, -0.25) is 0 Å². The van der Waals surface area contributed by atoms with E-state index in [1.54, 1.807) is 23.9 Å². The summed E-state index contributed by atoms with van der Waals surface area (Å²) in [4.78, 5) is 0. The molecule has 1 aromatic heterocycles. The molecule has 3 aromatic rings. The molecule has 0 bridgehead atoms. The zero-order valence-corrected chi connectivity index (χ0v) is 12.2.